The quantitative estimate of drug-likeness (QED) is 0.590. The molecule has 0 radical (unpaired) electrons. The van der Waals surface area contributed by atoms with E-state index in [-0.39, 0.29) is 5.69 Å². The van der Waals surface area contributed by atoms with Crippen LogP contribution in [0.25, 0.3) is 17.0 Å². The standard InChI is InChI=1S/C19H15NO4/c1-23-15-8-9-17-14(11-15)12-16(19(22)24-17)20-18(21)10-7-13-5-3-2-4-6-13/h2-12H,1H3,(H,20,21). The first-order valence-electron chi connectivity index (χ1n) is 7.32. The van der Waals surface area contributed by atoms with E-state index in [0.717, 1.165) is 5.56 Å². The third kappa shape index (κ3) is 3.52. The third-order valence-electron chi connectivity index (χ3n) is 3.42. The van der Waals surface area contributed by atoms with Crippen molar-refractivity contribution < 1.29 is 13.9 Å². The fourth-order valence-corrected chi connectivity index (χ4v) is 2.23. The van der Waals surface area contributed by atoms with E-state index in [1.165, 1.54) is 6.08 Å². The van der Waals surface area contributed by atoms with Gasteiger partial charge in [-0.1, -0.05) is 30.3 Å². The molecule has 0 saturated heterocycles. The Bertz CT molecular complexity index is 958. The van der Waals surface area contributed by atoms with Crippen molar-refractivity contribution in [2.24, 2.45) is 0 Å². The van der Waals surface area contributed by atoms with Crippen molar-refractivity contribution >= 4 is 28.6 Å². The zero-order chi connectivity index (χ0) is 16.9. The lowest BCUT2D eigenvalue weighted by Crippen LogP contribution is -2.15. The molecule has 5 heteroatoms. The molecule has 0 saturated carbocycles. The molecule has 3 aromatic rings. The Labute approximate surface area is 138 Å². The zero-order valence-electron chi connectivity index (χ0n) is 13.0. The number of methoxy groups -OCH3 is 1. The molecule has 5 nitrogen and oxygen atoms in total. The number of hydrogen-bond donors (Lipinski definition) is 1. The molecule has 1 amide bonds. The summed E-state index contributed by atoms with van der Waals surface area (Å²) in [5, 5.41) is 3.20. The van der Waals surface area contributed by atoms with E-state index in [1.54, 1.807) is 37.5 Å². The van der Waals surface area contributed by atoms with Gasteiger partial charge in [0.2, 0.25) is 5.91 Å². The van der Waals surface area contributed by atoms with E-state index >= 15 is 0 Å². The minimum Gasteiger partial charge on any atom is -0.497 e. The second-order valence-corrected chi connectivity index (χ2v) is 5.08. The normalized spacial score (nSPS) is 10.9. The molecule has 3 rings (SSSR count). The zero-order valence-corrected chi connectivity index (χ0v) is 13.0. The molecule has 0 bridgehead atoms. The summed E-state index contributed by atoms with van der Waals surface area (Å²) in [6, 6.07) is 16.0. The summed E-state index contributed by atoms with van der Waals surface area (Å²) >= 11 is 0. The van der Waals surface area contributed by atoms with Crippen LogP contribution >= 0.6 is 0 Å². The highest BCUT2D eigenvalue weighted by atomic mass is 16.5. The molecular weight excluding hydrogens is 306 g/mol. The van der Waals surface area contributed by atoms with Crippen molar-refractivity contribution in [3.8, 4) is 5.75 Å². The second kappa shape index (κ2) is 6.83. The third-order valence-corrected chi connectivity index (χ3v) is 3.42. The smallest absolute Gasteiger partial charge is 0.360 e. The van der Waals surface area contributed by atoms with Gasteiger partial charge in [-0.25, -0.2) is 4.79 Å². The minimum atomic E-state index is -0.603. The van der Waals surface area contributed by atoms with Crippen LogP contribution in [-0.4, -0.2) is 13.0 Å². The van der Waals surface area contributed by atoms with Gasteiger partial charge >= 0.3 is 5.63 Å². The van der Waals surface area contributed by atoms with Gasteiger partial charge in [-0.2, -0.15) is 0 Å². The molecule has 0 unspecified atom stereocenters. The molecule has 1 heterocycles. The van der Waals surface area contributed by atoms with Crippen molar-refractivity contribution in [1.29, 1.82) is 0 Å². The Morgan fingerprint density at radius 1 is 1.12 bits per heavy atom. The Kier molecular flexibility index (Phi) is 4.43. The number of rotatable bonds is 4. The highest BCUT2D eigenvalue weighted by Crippen LogP contribution is 2.21. The highest BCUT2D eigenvalue weighted by Gasteiger charge is 2.08. The van der Waals surface area contributed by atoms with Crippen molar-refractivity contribution in [2.75, 3.05) is 12.4 Å². The average molecular weight is 321 g/mol. The lowest BCUT2D eigenvalue weighted by molar-refractivity contribution is -0.111. The largest absolute Gasteiger partial charge is 0.497 e. The number of carbonyl (C=O) groups excluding carboxylic acids is 1. The van der Waals surface area contributed by atoms with Gasteiger partial charge in [-0.3, -0.25) is 4.79 Å². The first-order valence-corrected chi connectivity index (χ1v) is 7.32. The van der Waals surface area contributed by atoms with Gasteiger partial charge in [0.05, 0.1) is 7.11 Å². The van der Waals surface area contributed by atoms with E-state index in [2.05, 4.69) is 5.32 Å². The van der Waals surface area contributed by atoms with E-state index in [1.807, 2.05) is 30.3 Å². The van der Waals surface area contributed by atoms with E-state index in [9.17, 15) is 9.59 Å². The second-order valence-electron chi connectivity index (χ2n) is 5.08. The Balaban J connectivity index is 1.83. The number of ether oxygens (including phenoxy) is 1. The van der Waals surface area contributed by atoms with Crippen LogP contribution < -0.4 is 15.7 Å². The number of benzene rings is 2. The minimum absolute atomic E-state index is 0.0819. The maximum atomic E-state index is 12.0. The summed E-state index contributed by atoms with van der Waals surface area (Å²) in [7, 11) is 1.55. The van der Waals surface area contributed by atoms with Crippen LogP contribution in [0.15, 0.2) is 69.9 Å². The fourth-order valence-electron chi connectivity index (χ4n) is 2.23. The van der Waals surface area contributed by atoms with Crippen LogP contribution in [-0.2, 0) is 4.79 Å². The molecule has 0 fully saturated rings. The molecule has 1 N–H and O–H groups in total. The number of hydrogen-bond acceptors (Lipinski definition) is 4. The van der Waals surface area contributed by atoms with Gasteiger partial charge in [0.15, 0.2) is 0 Å². The van der Waals surface area contributed by atoms with Gasteiger partial charge < -0.3 is 14.5 Å². The van der Waals surface area contributed by atoms with Crippen LogP contribution in [0.3, 0.4) is 0 Å². The van der Waals surface area contributed by atoms with Gasteiger partial charge in [0.1, 0.15) is 17.0 Å². The van der Waals surface area contributed by atoms with Crippen LogP contribution in [0.4, 0.5) is 5.69 Å². The summed E-state index contributed by atoms with van der Waals surface area (Å²) in [6.45, 7) is 0. The van der Waals surface area contributed by atoms with Crippen LogP contribution in [0.2, 0.25) is 0 Å². The summed E-state index contributed by atoms with van der Waals surface area (Å²) in [4.78, 5) is 24.0. The number of fused-ring (bicyclic) bond motifs is 1. The van der Waals surface area contributed by atoms with Gasteiger partial charge in [-0.05, 0) is 35.9 Å². The first-order chi connectivity index (χ1) is 11.7. The average Bonchev–Trinajstić information content (AvgIpc) is 2.61. The number of nitrogens with one attached hydrogen (secondary N) is 1. The lowest BCUT2D eigenvalue weighted by atomic mass is 10.2. The molecule has 0 aliphatic carbocycles. The molecule has 0 atom stereocenters. The Morgan fingerprint density at radius 3 is 2.67 bits per heavy atom. The predicted molar refractivity (Wildman–Crippen MR) is 93.1 cm³/mol. The van der Waals surface area contributed by atoms with Crippen LogP contribution in [0.1, 0.15) is 5.56 Å². The van der Waals surface area contributed by atoms with Crippen molar-refractivity contribution in [1.82, 2.24) is 0 Å². The van der Waals surface area contributed by atoms with Crippen molar-refractivity contribution in [3.05, 3.63) is 76.7 Å². The molecule has 2 aromatic carbocycles. The predicted octanol–water partition coefficient (Wildman–Crippen LogP) is 3.45. The van der Waals surface area contributed by atoms with Gasteiger partial charge in [0.25, 0.3) is 0 Å². The molecule has 24 heavy (non-hydrogen) atoms. The molecular formula is C19H15NO4. The SMILES string of the molecule is COc1ccc2oc(=O)c(NC(=O)C=Cc3ccccc3)cc2c1. The number of anilines is 1. The number of carbonyl (C=O) groups is 1. The van der Waals surface area contributed by atoms with E-state index < -0.39 is 11.5 Å². The maximum Gasteiger partial charge on any atom is 0.360 e. The molecule has 1 aromatic heterocycles. The van der Waals surface area contributed by atoms with Crippen molar-refractivity contribution in [3.63, 3.8) is 0 Å². The van der Waals surface area contributed by atoms with Crippen LogP contribution in [0.5, 0.6) is 5.75 Å². The summed E-state index contributed by atoms with van der Waals surface area (Å²) in [6.07, 6.45) is 3.03. The number of amides is 1. The molecule has 0 aliphatic heterocycles. The Hall–Kier alpha value is -3.34. The monoisotopic (exact) mass is 321 g/mol. The molecule has 120 valence electrons. The Morgan fingerprint density at radius 2 is 1.92 bits per heavy atom. The summed E-state index contributed by atoms with van der Waals surface area (Å²) in [5.41, 5.74) is 0.800. The van der Waals surface area contributed by atoms with Gasteiger partial charge in [-0.15, -0.1) is 0 Å². The molecule has 0 spiro atoms. The first kappa shape index (κ1) is 15.6. The van der Waals surface area contributed by atoms with Gasteiger partial charge in [0, 0.05) is 11.5 Å². The summed E-state index contributed by atoms with van der Waals surface area (Å²) < 4.78 is 10.3. The van der Waals surface area contributed by atoms with Crippen molar-refractivity contribution in [2.45, 2.75) is 0 Å². The summed E-state index contributed by atoms with van der Waals surface area (Å²) in [5.74, 6) is 0.228. The molecule has 0 aliphatic rings. The van der Waals surface area contributed by atoms with Crippen LogP contribution in [0, 0.1) is 0 Å². The van der Waals surface area contributed by atoms with E-state index in [4.69, 9.17) is 9.15 Å². The van der Waals surface area contributed by atoms with E-state index in [0.29, 0.717) is 16.7 Å². The topological polar surface area (TPSA) is 68.5 Å². The maximum absolute atomic E-state index is 12.0. The fraction of sp³-hybridized carbons (Fsp3) is 0.0526. The lowest BCUT2D eigenvalue weighted by Gasteiger charge is -2.04. The highest BCUT2D eigenvalue weighted by molar-refractivity contribution is 6.02.